The molecule has 2 aromatic rings. The van der Waals surface area contributed by atoms with Crippen molar-refractivity contribution in [3.05, 3.63) is 54.6 Å². The second kappa shape index (κ2) is 7.63. The third-order valence-corrected chi connectivity index (χ3v) is 4.89. The Morgan fingerprint density at radius 1 is 1.12 bits per heavy atom. The molecule has 3 rings (SSSR count). The zero-order chi connectivity index (χ0) is 16.9. The van der Waals surface area contributed by atoms with E-state index in [4.69, 9.17) is 0 Å². The van der Waals surface area contributed by atoms with Crippen LogP contribution in [0.5, 0.6) is 0 Å². The Morgan fingerprint density at radius 2 is 1.83 bits per heavy atom. The highest BCUT2D eigenvalue weighted by Crippen LogP contribution is 2.28. The van der Waals surface area contributed by atoms with Crippen LogP contribution >= 0.6 is 0 Å². The number of carbonyl (C=O) groups excluding carboxylic acids is 1. The number of para-hydroxylation sites is 1. The maximum Gasteiger partial charge on any atom is 0.241 e. The molecular weight excluding hydrogens is 296 g/mol. The van der Waals surface area contributed by atoms with Gasteiger partial charge in [0.2, 0.25) is 5.91 Å². The maximum absolute atomic E-state index is 12.7. The summed E-state index contributed by atoms with van der Waals surface area (Å²) in [7, 11) is 0. The van der Waals surface area contributed by atoms with Crippen molar-refractivity contribution in [3.63, 3.8) is 0 Å². The molecule has 1 N–H and O–H groups in total. The molecule has 2 unspecified atom stereocenters. The third kappa shape index (κ3) is 3.85. The fourth-order valence-corrected chi connectivity index (χ4v) is 3.44. The van der Waals surface area contributed by atoms with Gasteiger partial charge in [-0.15, -0.1) is 0 Å². The van der Waals surface area contributed by atoms with Crippen LogP contribution in [-0.2, 0) is 4.79 Å². The van der Waals surface area contributed by atoms with Crippen molar-refractivity contribution >= 4 is 11.6 Å². The van der Waals surface area contributed by atoms with Crippen molar-refractivity contribution in [1.29, 1.82) is 0 Å². The summed E-state index contributed by atoms with van der Waals surface area (Å²) in [5.74, 6) is 0.748. The fraction of sp³-hybridized carbons (Fsp3) is 0.381. The van der Waals surface area contributed by atoms with Gasteiger partial charge in [0.15, 0.2) is 0 Å². The van der Waals surface area contributed by atoms with Gasteiger partial charge in [-0.25, -0.2) is 0 Å². The standard InChI is InChI=1S/C21H26N2O/c1-16-9-8-14-23(15-16)17(2)21(24)22-20-13-7-6-12-19(20)18-10-4-3-5-11-18/h3-7,10-13,16-17H,8-9,14-15H2,1-2H3,(H,22,24). The number of hydrogen-bond acceptors (Lipinski definition) is 2. The van der Waals surface area contributed by atoms with E-state index in [-0.39, 0.29) is 11.9 Å². The summed E-state index contributed by atoms with van der Waals surface area (Å²) in [6.07, 6.45) is 2.45. The SMILES string of the molecule is CC1CCCN(C(C)C(=O)Nc2ccccc2-c2ccccc2)C1. The van der Waals surface area contributed by atoms with Crippen LogP contribution in [0.25, 0.3) is 11.1 Å². The second-order valence-electron chi connectivity index (χ2n) is 6.82. The van der Waals surface area contributed by atoms with Gasteiger partial charge >= 0.3 is 0 Å². The Labute approximate surface area is 144 Å². The molecule has 0 bridgehead atoms. The van der Waals surface area contributed by atoms with Gasteiger partial charge < -0.3 is 5.32 Å². The molecule has 24 heavy (non-hydrogen) atoms. The van der Waals surface area contributed by atoms with Crippen LogP contribution in [0.15, 0.2) is 54.6 Å². The highest BCUT2D eigenvalue weighted by Gasteiger charge is 2.26. The first kappa shape index (κ1) is 16.7. The summed E-state index contributed by atoms with van der Waals surface area (Å²) in [6.45, 7) is 6.30. The third-order valence-electron chi connectivity index (χ3n) is 4.89. The van der Waals surface area contributed by atoms with E-state index in [1.807, 2.05) is 43.3 Å². The van der Waals surface area contributed by atoms with E-state index in [1.54, 1.807) is 0 Å². The van der Waals surface area contributed by atoms with Crippen LogP contribution in [0, 0.1) is 5.92 Å². The van der Waals surface area contributed by atoms with E-state index in [1.165, 1.54) is 12.8 Å². The zero-order valence-corrected chi connectivity index (χ0v) is 14.5. The Morgan fingerprint density at radius 3 is 2.58 bits per heavy atom. The van der Waals surface area contributed by atoms with Crippen LogP contribution < -0.4 is 5.32 Å². The van der Waals surface area contributed by atoms with Crippen molar-refractivity contribution in [2.45, 2.75) is 32.7 Å². The van der Waals surface area contributed by atoms with Crippen molar-refractivity contribution in [2.75, 3.05) is 18.4 Å². The largest absolute Gasteiger partial charge is 0.324 e. The molecule has 1 amide bonds. The summed E-state index contributed by atoms with van der Waals surface area (Å²) in [4.78, 5) is 15.0. The Hall–Kier alpha value is -2.13. The molecule has 126 valence electrons. The number of piperidine rings is 1. The van der Waals surface area contributed by atoms with Crippen molar-refractivity contribution in [3.8, 4) is 11.1 Å². The average Bonchev–Trinajstić information content (AvgIpc) is 2.62. The second-order valence-corrected chi connectivity index (χ2v) is 6.82. The lowest BCUT2D eigenvalue weighted by molar-refractivity contribution is -0.121. The molecule has 3 nitrogen and oxygen atoms in total. The average molecular weight is 322 g/mol. The summed E-state index contributed by atoms with van der Waals surface area (Å²) in [5.41, 5.74) is 3.06. The number of hydrogen-bond donors (Lipinski definition) is 1. The molecule has 1 fully saturated rings. The highest BCUT2D eigenvalue weighted by molar-refractivity contribution is 5.98. The molecular formula is C21H26N2O. The Balaban J connectivity index is 1.75. The molecule has 0 aliphatic carbocycles. The molecule has 1 heterocycles. The molecule has 0 radical (unpaired) electrons. The zero-order valence-electron chi connectivity index (χ0n) is 14.5. The highest BCUT2D eigenvalue weighted by atomic mass is 16.2. The number of amides is 1. The van der Waals surface area contributed by atoms with Gasteiger partial charge in [-0.05, 0) is 43.9 Å². The minimum absolute atomic E-state index is 0.0764. The lowest BCUT2D eigenvalue weighted by Crippen LogP contribution is -2.46. The monoisotopic (exact) mass is 322 g/mol. The minimum atomic E-state index is -0.100. The van der Waals surface area contributed by atoms with Crippen molar-refractivity contribution < 1.29 is 4.79 Å². The van der Waals surface area contributed by atoms with Gasteiger partial charge in [0.1, 0.15) is 0 Å². The van der Waals surface area contributed by atoms with Crippen LogP contribution in [0.3, 0.4) is 0 Å². The number of anilines is 1. The van der Waals surface area contributed by atoms with E-state index >= 15 is 0 Å². The number of carbonyl (C=O) groups is 1. The smallest absolute Gasteiger partial charge is 0.241 e. The van der Waals surface area contributed by atoms with E-state index in [2.05, 4.69) is 35.3 Å². The molecule has 2 atom stereocenters. The predicted octanol–water partition coefficient (Wildman–Crippen LogP) is 4.41. The molecule has 0 aromatic heterocycles. The van der Waals surface area contributed by atoms with E-state index in [9.17, 15) is 4.79 Å². The quantitative estimate of drug-likeness (QED) is 0.904. The van der Waals surface area contributed by atoms with E-state index in [0.29, 0.717) is 5.92 Å². The number of nitrogens with one attached hydrogen (secondary N) is 1. The van der Waals surface area contributed by atoms with Crippen LogP contribution in [0.2, 0.25) is 0 Å². The summed E-state index contributed by atoms with van der Waals surface area (Å²) in [6, 6.07) is 18.1. The van der Waals surface area contributed by atoms with Crippen LogP contribution in [-0.4, -0.2) is 29.9 Å². The van der Waals surface area contributed by atoms with E-state index < -0.39 is 0 Å². The molecule has 1 saturated heterocycles. The Kier molecular flexibility index (Phi) is 5.31. The normalized spacial score (nSPS) is 19.7. The summed E-state index contributed by atoms with van der Waals surface area (Å²) in [5, 5.41) is 3.14. The lowest BCUT2D eigenvalue weighted by Gasteiger charge is -2.34. The first-order chi connectivity index (χ1) is 11.6. The van der Waals surface area contributed by atoms with Crippen molar-refractivity contribution in [2.24, 2.45) is 5.92 Å². The van der Waals surface area contributed by atoms with Gasteiger partial charge in [-0.3, -0.25) is 9.69 Å². The Bertz CT molecular complexity index is 683. The topological polar surface area (TPSA) is 32.3 Å². The number of likely N-dealkylation sites (tertiary alicyclic amines) is 1. The summed E-state index contributed by atoms with van der Waals surface area (Å²) < 4.78 is 0. The molecule has 1 aliphatic rings. The molecule has 0 saturated carbocycles. The van der Waals surface area contributed by atoms with E-state index in [0.717, 1.165) is 29.9 Å². The van der Waals surface area contributed by atoms with Gasteiger partial charge in [-0.2, -0.15) is 0 Å². The number of benzene rings is 2. The molecule has 0 spiro atoms. The van der Waals surface area contributed by atoms with Crippen LogP contribution in [0.4, 0.5) is 5.69 Å². The first-order valence-electron chi connectivity index (χ1n) is 8.84. The predicted molar refractivity (Wildman–Crippen MR) is 99.9 cm³/mol. The number of nitrogens with zero attached hydrogens (tertiary/aromatic N) is 1. The molecule has 1 aliphatic heterocycles. The maximum atomic E-state index is 12.7. The van der Waals surface area contributed by atoms with Crippen molar-refractivity contribution in [1.82, 2.24) is 4.90 Å². The van der Waals surface area contributed by atoms with Gasteiger partial charge in [0, 0.05) is 17.8 Å². The van der Waals surface area contributed by atoms with Crippen LogP contribution in [0.1, 0.15) is 26.7 Å². The lowest BCUT2D eigenvalue weighted by atomic mass is 9.98. The molecule has 2 aromatic carbocycles. The first-order valence-corrected chi connectivity index (χ1v) is 8.84. The van der Waals surface area contributed by atoms with Gasteiger partial charge in [-0.1, -0.05) is 55.5 Å². The fourth-order valence-electron chi connectivity index (χ4n) is 3.44. The van der Waals surface area contributed by atoms with Gasteiger partial charge in [0.05, 0.1) is 6.04 Å². The molecule has 3 heteroatoms. The summed E-state index contributed by atoms with van der Waals surface area (Å²) >= 11 is 0. The van der Waals surface area contributed by atoms with Gasteiger partial charge in [0.25, 0.3) is 0 Å². The minimum Gasteiger partial charge on any atom is -0.324 e. The number of rotatable bonds is 4.